The number of carbonyl (C=O) groups excluding carboxylic acids is 5. The number of nitriles is 1. The van der Waals surface area contributed by atoms with Crippen LogP contribution in [0.4, 0.5) is 30.4 Å². The van der Waals surface area contributed by atoms with Crippen LogP contribution in [0.5, 0.6) is 0 Å². The van der Waals surface area contributed by atoms with Crippen molar-refractivity contribution in [1.82, 2.24) is 25.0 Å². The van der Waals surface area contributed by atoms with Crippen molar-refractivity contribution < 1.29 is 37.1 Å². The fourth-order valence-corrected chi connectivity index (χ4v) is 10.2. The van der Waals surface area contributed by atoms with Crippen LogP contribution in [0.3, 0.4) is 0 Å². The van der Waals surface area contributed by atoms with Gasteiger partial charge in [-0.05, 0) is 104 Å². The van der Waals surface area contributed by atoms with Gasteiger partial charge >= 0.3 is 6.18 Å². The average Bonchev–Trinajstić information content (AvgIpc) is 3.80. The summed E-state index contributed by atoms with van der Waals surface area (Å²) in [5, 5.41) is 11.4. The van der Waals surface area contributed by atoms with E-state index in [1.165, 1.54) is 12.1 Å². The van der Waals surface area contributed by atoms with E-state index in [0.717, 1.165) is 94.2 Å². The van der Waals surface area contributed by atoms with Crippen LogP contribution in [0.2, 0.25) is 0 Å². The third-order valence-corrected chi connectivity index (χ3v) is 13.9. The lowest BCUT2D eigenvalue weighted by molar-refractivity contribution is -0.141. The molecule has 1 N–H and O–H groups in total. The van der Waals surface area contributed by atoms with Gasteiger partial charge in [-0.1, -0.05) is 0 Å². The monoisotopic (exact) mass is 851 g/mol. The summed E-state index contributed by atoms with van der Waals surface area (Å²) in [5.74, 6) is -1.27. The minimum absolute atomic E-state index is 0.0168. The van der Waals surface area contributed by atoms with Crippen LogP contribution in [0.1, 0.15) is 87.3 Å². The number of benzene rings is 2. The first-order valence-corrected chi connectivity index (χ1v) is 21.5. The maximum atomic E-state index is 13.6. The fraction of sp³-hybridized carbons (Fsp3) is 0.489. The lowest BCUT2D eigenvalue weighted by Crippen LogP contribution is -2.54. The zero-order valence-corrected chi connectivity index (χ0v) is 34.3. The summed E-state index contributed by atoms with van der Waals surface area (Å²) in [6, 6.07) is 16.4. The van der Waals surface area contributed by atoms with Gasteiger partial charge in [0.05, 0.1) is 16.7 Å². The van der Waals surface area contributed by atoms with E-state index in [4.69, 9.17) is 5.26 Å². The number of nitrogens with zero attached hydrogens (tertiary/aromatic N) is 8. The van der Waals surface area contributed by atoms with Crippen LogP contribution in [0, 0.1) is 22.7 Å². The Morgan fingerprint density at radius 2 is 1.44 bits per heavy atom. The third kappa shape index (κ3) is 7.96. The average molecular weight is 852 g/mol. The molecule has 3 aromatic rings. The Morgan fingerprint density at radius 3 is 2.11 bits per heavy atom. The Morgan fingerprint density at radius 1 is 0.774 bits per heavy atom. The quantitative estimate of drug-likeness (QED) is 0.334. The molecule has 6 aliphatic heterocycles. The molecule has 5 amide bonds. The highest BCUT2D eigenvalue weighted by Gasteiger charge is 2.46. The number of aromatic nitrogens is 1. The summed E-state index contributed by atoms with van der Waals surface area (Å²) in [4.78, 5) is 79.8. The van der Waals surface area contributed by atoms with Gasteiger partial charge in [0.1, 0.15) is 17.9 Å². The number of carbonyl (C=O) groups is 5. The number of anilines is 3. The van der Waals surface area contributed by atoms with E-state index in [2.05, 4.69) is 25.0 Å². The molecular weight excluding hydrogens is 804 g/mol. The number of likely N-dealkylation sites (tertiary alicyclic amines) is 1. The number of rotatable bonds is 7. The topological polar surface area (TPSA) is 154 Å². The molecule has 1 aromatic heterocycles. The van der Waals surface area contributed by atoms with Crippen molar-refractivity contribution >= 4 is 46.7 Å². The van der Waals surface area contributed by atoms with Crippen molar-refractivity contribution in [3.05, 3.63) is 82.5 Å². The summed E-state index contributed by atoms with van der Waals surface area (Å²) in [6.45, 7) is 8.59. The first-order chi connectivity index (χ1) is 29.8. The highest BCUT2D eigenvalue weighted by Crippen LogP contribution is 2.43. The molecule has 324 valence electrons. The number of nitrogens with one attached hydrogen (secondary N) is 1. The van der Waals surface area contributed by atoms with Crippen LogP contribution in [-0.2, 0) is 15.8 Å². The second-order valence-corrected chi connectivity index (χ2v) is 17.6. The van der Waals surface area contributed by atoms with Gasteiger partial charge in [-0.2, -0.15) is 18.4 Å². The normalized spacial score (nSPS) is 22.4. The second kappa shape index (κ2) is 16.4. The molecule has 0 saturated carbocycles. The lowest BCUT2D eigenvalue weighted by atomic mass is 9.77. The predicted molar refractivity (Wildman–Crippen MR) is 222 cm³/mol. The van der Waals surface area contributed by atoms with Gasteiger partial charge in [0, 0.05) is 95.4 Å². The standard InChI is InChI=1S/C45H48F3N9O5/c46-45(47,48)39-31(26-49)3-9-37(50-39)56-20-15-44(28-56)13-18-55(19-14-44)41(60)30-1-4-32(5-2-30)54-23-21-52(22-24-54)27-29-11-16-53(17-12-29)33-6-7-34-35(25-33)43(62)57(42(34)61)36-8-10-38(58)51-40(36)59/h1-7,9,25,29,36H,8,10-24,27-28H2,(H,51,58,59). The van der Waals surface area contributed by atoms with Crippen molar-refractivity contribution in [1.29, 1.82) is 5.26 Å². The van der Waals surface area contributed by atoms with Crippen LogP contribution in [0.15, 0.2) is 54.6 Å². The molecule has 7 heterocycles. The van der Waals surface area contributed by atoms with Crippen molar-refractivity contribution in [2.45, 2.75) is 57.2 Å². The highest BCUT2D eigenvalue weighted by atomic mass is 19.4. The molecule has 1 unspecified atom stereocenters. The highest BCUT2D eigenvalue weighted by molar-refractivity contribution is 6.23. The number of piperazine rings is 1. The largest absolute Gasteiger partial charge is 0.434 e. The molecule has 17 heteroatoms. The number of imide groups is 2. The minimum atomic E-state index is -4.71. The first kappa shape index (κ1) is 41.3. The number of halogens is 3. The van der Waals surface area contributed by atoms with E-state index in [0.29, 0.717) is 43.2 Å². The van der Waals surface area contributed by atoms with Gasteiger partial charge in [-0.3, -0.25) is 39.1 Å². The zero-order chi connectivity index (χ0) is 43.3. The van der Waals surface area contributed by atoms with Gasteiger partial charge < -0.3 is 19.6 Å². The van der Waals surface area contributed by atoms with E-state index in [-0.39, 0.29) is 35.5 Å². The van der Waals surface area contributed by atoms with Gasteiger partial charge in [0.2, 0.25) is 11.8 Å². The van der Waals surface area contributed by atoms with Gasteiger partial charge in [-0.15, -0.1) is 0 Å². The van der Waals surface area contributed by atoms with Crippen molar-refractivity contribution in [2.24, 2.45) is 11.3 Å². The van der Waals surface area contributed by atoms with E-state index in [9.17, 15) is 37.1 Å². The zero-order valence-electron chi connectivity index (χ0n) is 34.3. The molecule has 6 aliphatic rings. The second-order valence-electron chi connectivity index (χ2n) is 17.6. The fourth-order valence-electron chi connectivity index (χ4n) is 10.2. The number of piperidine rings is 3. The molecule has 5 saturated heterocycles. The number of amides is 5. The van der Waals surface area contributed by atoms with Gasteiger partial charge in [0.25, 0.3) is 17.7 Å². The molecule has 1 spiro atoms. The molecule has 2 aromatic carbocycles. The number of hydrogen-bond donors (Lipinski definition) is 1. The number of fused-ring (bicyclic) bond motifs is 1. The Bertz CT molecular complexity index is 2330. The molecule has 14 nitrogen and oxygen atoms in total. The van der Waals surface area contributed by atoms with Crippen LogP contribution in [0.25, 0.3) is 0 Å². The molecule has 62 heavy (non-hydrogen) atoms. The van der Waals surface area contributed by atoms with E-state index in [1.54, 1.807) is 18.2 Å². The minimum Gasteiger partial charge on any atom is -0.371 e. The van der Waals surface area contributed by atoms with Gasteiger partial charge in [-0.25, -0.2) is 4.98 Å². The summed E-state index contributed by atoms with van der Waals surface area (Å²) < 4.78 is 40.6. The molecule has 1 atom stereocenters. The third-order valence-electron chi connectivity index (χ3n) is 13.9. The Hall–Kier alpha value is -6.02. The summed E-state index contributed by atoms with van der Waals surface area (Å²) in [6.07, 6.45) is -0.180. The van der Waals surface area contributed by atoms with Gasteiger partial charge in [0.15, 0.2) is 5.69 Å². The maximum Gasteiger partial charge on any atom is 0.434 e. The first-order valence-electron chi connectivity index (χ1n) is 21.5. The van der Waals surface area contributed by atoms with E-state index < -0.39 is 47.1 Å². The van der Waals surface area contributed by atoms with Crippen molar-refractivity contribution in [3.63, 3.8) is 0 Å². The maximum absolute atomic E-state index is 13.6. The molecular formula is C45H48F3N9O5. The Labute approximate surface area is 357 Å². The van der Waals surface area contributed by atoms with Crippen molar-refractivity contribution in [2.75, 3.05) is 86.7 Å². The molecule has 0 bridgehead atoms. The smallest absolute Gasteiger partial charge is 0.371 e. The predicted octanol–water partition coefficient (Wildman–Crippen LogP) is 4.54. The SMILES string of the molecule is N#Cc1ccc(N2CCC3(CCN(C(=O)c4ccc(N5CCN(CC6CCN(c7ccc8c(c7)C(=O)N(C7CCC(=O)NC7=O)C8=O)CC6)CC5)cc4)CC3)C2)nc1C(F)(F)F. The Kier molecular flexibility index (Phi) is 10.9. The summed E-state index contributed by atoms with van der Waals surface area (Å²) in [5.41, 5.74) is 1.44. The van der Waals surface area contributed by atoms with Crippen LogP contribution >= 0.6 is 0 Å². The van der Waals surface area contributed by atoms with Crippen molar-refractivity contribution in [3.8, 4) is 6.07 Å². The molecule has 9 rings (SSSR count). The summed E-state index contributed by atoms with van der Waals surface area (Å²) >= 11 is 0. The molecule has 0 aliphatic carbocycles. The molecule has 0 radical (unpaired) electrons. The number of pyridine rings is 1. The van der Waals surface area contributed by atoms with Crippen LogP contribution < -0.4 is 20.0 Å². The summed E-state index contributed by atoms with van der Waals surface area (Å²) in [7, 11) is 0. The lowest BCUT2D eigenvalue weighted by Gasteiger charge is -2.40. The molecule has 5 fully saturated rings. The van der Waals surface area contributed by atoms with E-state index >= 15 is 0 Å². The number of hydrogen-bond acceptors (Lipinski definition) is 11. The Balaban J connectivity index is 0.714. The van der Waals surface area contributed by atoms with Crippen LogP contribution in [-0.4, -0.2) is 127 Å². The number of alkyl halides is 3. The van der Waals surface area contributed by atoms with E-state index in [1.807, 2.05) is 40.1 Å².